The lowest BCUT2D eigenvalue weighted by Gasteiger charge is -2.09. The van der Waals surface area contributed by atoms with E-state index in [1.54, 1.807) is 18.0 Å². The minimum absolute atomic E-state index is 0.0818. The Kier molecular flexibility index (Phi) is 7.34. The number of halogens is 1. The van der Waals surface area contributed by atoms with Crippen molar-refractivity contribution < 1.29 is 4.79 Å². The lowest BCUT2D eigenvalue weighted by Crippen LogP contribution is -2.17. The summed E-state index contributed by atoms with van der Waals surface area (Å²) in [5, 5.41) is 4.15. The van der Waals surface area contributed by atoms with Crippen molar-refractivity contribution in [2.24, 2.45) is 5.10 Å². The number of rotatable bonds is 7. The van der Waals surface area contributed by atoms with Crippen molar-refractivity contribution in [3.05, 3.63) is 81.6 Å². The maximum Gasteiger partial charge on any atom is 0.240 e. The van der Waals surface area contributed by atoms with Crippen LogP contribution in [0.25, 0.3) is 5.69 Å². The minimum Gasteiger partial charge on any atom is -0.318 e. The minimum atomic E-state index is -0.0818. The van der Waals surface area contributed by atoms with Crippen molar-refractivity contribution in [3.8, 4) is 5.69 Å². The smallest absolute Gasteiger partial charge is 0.240 e. The average Bonchev–Trinajstić information content (AvgIpc) is 2.97. The molecule has 6 heteroatoms. The van der Waals surface area contributed by atoms with Crippen molar-refractivity contribution in [1.29, 1.82) is 0 Å². The van der Waals surface area contributed by atoms with Crippen LogP contribution in [0.3, 0.4) is 0 Å². The van der Waals surface area contributed by atoms with E-state index in [9.17, 15) is 4.79 Å². The van der Waals surface area contributed by atoms with Crippen molar-refractivity contribution in [2.75, 3.05) is 5.75 Å². The van der Waals surface area contributed by atoms with Gasteiger partial charge >= 0.3 is 0 Å². The molecule has 4 nitrogen and oxygen atoms in total. The number of nitrogens with zero attached hydrogens (tertiary/aromatic N) is 2. The fraction of sp³-hybridized carbons (Fsp3) is 0.217. The molecule has 0 atom stereocenters. The molecule has 1 heterocycles. The molecule has 1 N–H and O–H groups in total. The van der Waals surface area contributed by atoms with Crippen LogP contribution in [0.15, 0.2) is 69.1 Å². The van der Waals surface area contributed by atoms with Gasteiger partial charge in [-0.2, -0.15) is 5.10 Å². The van der Waals surface area contributed by atoms with Gasteiger partial charge in [0.05, 0.1) is 6.21 Å². The van der Waals surface area contributed by atoms with Gasteiger partial charge in [-0.25, -0.2) is 5.43 Å². The summed E-state index contributed by atoms with van der Waals surface area (Å²) >= 11 is 5.20. The van der Waals surface area contributed by atoms with Crippen LogP contribution in [-0.4, -0.2) is 22.4 Å². The number of aryl methyl sites for hydroxylation is 2. The Balaban J connectivity index is 1.55. The highest BCUT2D eigenvalue weighted by Gasteiger charge is 2.10. The molecule has 0 unspecified atom stereocenters. The molecule has 2 aromatic carbocycles. The third kappa shape index (κ3) is 5.84. The largest absolute Gasteiger partial charge is 0.318 e. The molecule has 1 amide bonds. The van der Waals surface area contributed by atoms with Gasteiger partial charge in [0.15, 0.2) is 0 Å². The van der Waals surface area contributed by atoms with Gasteiger partial charge in [-0.05, 0) is 57.2 Å². The molecular weight excluding hydrogens is 446 g/mol. The average molecular weight is 470 g/mol. The van der Waals surface area contributed by atoms with Crippen LogP contribution < -0.4 is 5.43 Å². The van der Waals surface area contributed by atoms with Crippen LogP contribution in [-0.2, 0) is 4.79 Å². The molecule has 0 spiro atoms. The molecule has 0 aliphatic carbocycles. The number of nitrogens with one attached hydrogen (secondary N) is 1. The van der Waals surface area contributed by atoms with E-state index < -0.39 is 0 Å². The molecule has 1 aromatic heterocycles. The van der Waals surface area contributed by atoms with Gasteiger partial charge in [0.2, 0.25) is 5.91 Å². The Bertz CT molecular complexity index is 1030. The van der Waals surface area contributed by atoms with Crippen LogP contribution in [0, 0.1) is 20.8 Å². The second kappa shape index (κ2) is 9.94. The second-order valence-electron chi connectivity index (χ2n) is 6.85. The number of carbonyl (C=O) groups is 1. The van der Waals surface area contributed by atoms with Gasteiger partial charge < -0.3 is 4.57 Å². The lowest BCUT2D eigenvalue weighted by atomic mass is 10.2. The number of carbonyl (C=O) groups excluding carboxylic acids is 1. The van der Waals surface area contributed by atoms with Gasteiger partial charge in [0.1, 0.15) is 0 Å². The first-order valence-electron chi connectivity index (χ1n) is 9.40. The third-order valence-electron chi connectivity index (χ3n) is 4.55. The van der Waals surface area contributed by atoms with E-state index >= 15 is 0 Å². The molecule has 0 aliphatic heterocycles. The Morgan fingerprint density at radius 2 is 1.90 bits per heavy atom. The molecule has 150 valence electrons. The van der Waals surface area contributed by atoms with E-state index in [1.165, 1.54) is 10.5 Å². The SMILES string of the molecule is Cc1ccc(SCCC(=O)N/N=C\c2cc(C)n(-c3cccc(Br)c3)c2C)cc1. The van der Waals surface area contributed by atoms with Crippen LogP contribution in [0.4, 0.5) is 0 Å². The summed E-state index contributed by atoms with van der Waals surface area (Å²) in [5.74, 6) is 0.642. The normalized spacial score (nSPS) is 11.2. The monoisotopic (exact) mass is 469 g/mol. The number of hydrogen-bond donors (Lipinski definition) is 1. The van der Waals surface area contributed by atoms with Crippen LogP contribution in [0.1, 0.15) is 28.9 Å². The third-order valence-corrected chi connectivity index (χ3v) is 6.06. The summed E-state index contributed by atoms with van der Waals surface area (Å²) < 4.78 is 3.21. The zero-order valence-corrected chi connectivity index (χ0v) is 19.2. The Hall–Kier alpha value is -2.31. The van der Waals surface area contributed by atoms with Crippen molar-refractivity contribution in [2.45, 2.75) is 32.1 Å². The second-order valence-corrected chi connectivity index (χ2v) is 8.93. The molecule has 0 radical (unpaired) electrons. The first-order chi connectivity index (χ1) is 13.9. The zero-order valence-electron chi connectivity index (χ0n) is 16.8. The summed E-state index contributed by atoms with van der Waals surface area (Å²) in [7, 11) is 0. The number of aromatic nitrogens is 1. The number of amides is 1. The van der Waals surface area contributed by atoms with Crippen LogP contribution in [0.2, 0.25) is 0 Å². The van der Waals surface area contributed by atoms with Crippen molar-refractivity contribution in [3.63, 3.8) is 0 Å². The van der Waals surface area contributed by atoms with Crippen molar-refractivity contribution >= 4 is 39.8 Å². The first-order valence-corrected chi connectivity index (χ1v) is 11.2. The van der Waals surface area contributed by atoms with Gasteiger partial charge in [-0.1, -0.05) is 39.7 Å². The fourth-order valence-electron chi connectivity index (χ4n) is 3.06. The molecule has 3 aromatic rings. The Labute approximate surface area is 184 Å². The predicted octanol–water partition coefficient (Wildman–Crippen LogP) is 5.80. The first kappa shape index (κ1) is 21.4. The van der Waals surface area contributed by atoms with Gasteiger partial charge in [0.25, 0.3) is 0 Å². The van der Waals surface area contributed by atoms with Gasteiger partial charge in [-0.3, -0.25) is 4.79 Å². The molecule has 0 fully saturated rings. The number of benzene rings is 2. The molecule has 29 heavy (non-hydrogen) atoms. The fourth-order valence-corrected chi connectivity index (χ4v) is 4.30. The predicted molar refractivity (Wildman–Crippen MR) is 125 cm³/mol. The number of hydrogen-bond acceptors (Lipinski definition) is 3. The standard InChI is InChI=1S/C23H24BrN3OS/c1-16-7-9-22(10-8-16)29-12-11-23(28)26-25-15-19-13-17(2)27(18(19)3)21-6-4-5-20(24)14-21/h4-10,13-15H,11-12H2,1-3H3,(H,26,28)/b25-15-. The molecule has 0 saturated carbocycles. The summed E-state index contributed by atoms with van der Waals surface area (Å²) in [5.41, 5.74) is 8.13. The number of thioether (sulfide) groups is 1. The maximum absolute atomic E-state index is 12.0. The summed E-state index contributed by atoms with van der Waals surface area (Å²) in [6.45, 7) is 6.18. The summed E-state index contributed by atoms with van der Waals surface area (Å²) in [6.07, 6.45) is 2.13. The Morgan fingerprint density at radius 1 is 1.14 bits per heavy atom. The molecule has 0 bridgehead atoms. The van der Waals surface area contributed by atoms with Crippen LogP contribution in [0.5, 0.6) is 0 Å². The summed E-state index contributed by atoms with van der Waals surface area (Å²) in [4.78, 5) is 13.2. The molecular formula is C23H24BrN3OS. The molecule has 3 rings (SSSR count). The highest BCUT2D eigenvalue weighted by Crippen LogP contribution is 2.22. The molecule has 0 saturated heterocycles. The Morgan fingerprint density at radius 3 is 2.62 bits per heavy atom. The van der Waals surface area contributed by atoms with E-state index in [4.69, 9.17) is 0 Å². The van der Waals surface area contributed by atoms with Crippen LogP contribution >= 0.6 is 27.7 Å². The van der Waals surface area contributed by atoms with Gasteiger partial charge in [-0.15, -0.1) is 11.8 Å². The maximum atomic E-state index is 12.0. The topological polar surface area (TPSA) is 46.4 Å². The summed E-state index contributed by atoms with van der Waals surface area (Å²) in [6, 6.07) is 18.6. The van der Waals surface area contributed by atoms with E-state index in [2.05, 4.69) is 94.3 Å². The quantitative estimate of drug-likeness (QED) is 0.270. The lowest BCUT2D eigenvalue weighted by molar-refractivity contribution is -0.120. The van der Waals surface area contributed by atoms with E-state index in [-0.39, 0.29) is 5.91 Å². The van der Waals surface area contributed by atoms with E-state index in [1.807, 2.05) is 12.1 Å². The van der Waals surface area contributed by atoms with Gasteiger partial charge in [0, 0.05) is 44.2 Å². The van der Waals surface area contributed by atoms with E-state index in [0.717, 1.165) is 32.9 Å². The highest BCUT2D eigenvalue weighted by atomic mass is 79.9. The van der Waals surface area contributed by atoms with E-state index in [0.29, 0.717) is 6.42 Å². The molecule has 0 aliphatic rings. The number of hydrazone groups is 1. The zero-order chi connectivity index (χ0) is 20.8. The highest BCUT2D eigenvalue weighted by molar-refractivity contribution is 9.10. The van der Waals surface area contributed by atoms with Crippen molar-refractivity contribution in [1.82, 2.24) is 9.99 Å².